The molecular weight excluding hydrogens is 234 g/mol. The molecule has 0 atom stereocenters. The van der Waals surface area contributed by atoms with E-state index >= 15 is 0 Å². The van der Waals surface area contributed by atoms with Crippen LogP contribution in [0.25, 0.3) is 0 Å². The van der Waals surface area contributed by atoms with Crippen molar-refractivity contribution in [3.05, 3.63) is 40.9 Å². The first-order valence-corrected chi connectivity index (χ1v) is 6.21. The summed E-state index contributed by atoms with van der Waals surface area (Å²) in [4.78, 5) is 10.1. The molecule has 1 fully saturated rings. The number of rotatable bonds is 2. The Morgan fingerprint density at radius 2 is 2.24 bits per heavy atom. The van der Waals surface area contributed by atoms with Crippen molar-refractivity contribution in [1.29, 1.82) is 0 Å². The second-order valence-corrected chi connectivity index (χ2v) is 4.50. The molecule has 5 heteroatoms. The molecule has 1 aromatic carbocycles. The van der Waals surface area contributed by atoms with Gasteiger partial charge in [-0.3, -0.25) is 4.79 Å². The molecular formula is C12H13N3OS. The van der Waals surface area contributed by atoms with Gasteiger partial charge in [0, 0.05) is 22.5 Å². The minimum Gasteiger partial charge on any atom is -0.399 e. The van der Waals surface area contributed by atoms with Gasteiger partial charge in [0.05, 0.1) is 5.69 Å². The summed E-state index contributed by atoms with van der Waals surface area (Å²) in [5, 5.41) is 5.99. The molecule has 0 spiro atoms. The minimum absolute atomic E-state index is 0.620. The van der Waals surface area contributed by atoms with Crippen molar-refractivity contribution < 1.29 is 4.79 Å². The molecule has 0 saturated heterocycles. The van der Waals surface area contributed by atoms with E-state index in [2.05, 4.69) is 9.59 Å². The summed E-state index contributed by atoms with van der Waals surface area (Å²) in [6, 6.07) is 6.84. The van der Waals surface area contributed by atoms with E-state index in [0.717, 1.165) is 12.2 Å². The molecule has 17 heavy (non-hydrogen) atoms. The van der Waals surface area contributed by atoms with Crippen molar-refractivity contribution in [2.24, 2.45) is 0 Å². The smallest absolute Gasteiger partial charge is 0.150 e. The number of aromatic nitrogens is 2. The van der Waals surface area contributed by atoms with E-state index in [0.29, 0.717) is 11.3 Å². The summed E-state index contributed by atoms with van der Waals surface area (Å²) < 4.78 is 3.78. The van der Waals surface area contributed by atoms with Crippen LogP contribution in [0.2, 0.25) is 0 Å². The summed E-state index contributed by atoms with van der Waals surface area (Å²) in [6.45, 7) is 0. The summed E-state index contributed by atoms with van der Waals surface area (Å²) in [6.07, 6.45) is 3.42. The quantitative estimate of drug-likeness (QED) is 0.654. The summed E-state index contributed by atoms with van der Waals surface area (Å²) >= 11 is 1.45. The van der Waals surface area contributed by atoms with Crippen LogP contribution in [-0.4, -0.2) is 15.9 Å². The van der Waals surface area contributed by atoms with E-state index in [-0.39, 0.29) is 0 Å². The average molecular weight is 247 g/mol. The Labute approximate surface area is 104 Å². The highest BCUT2D eigenvalue weighted by atomic mass is 32.1. The van der Waals surface area contributed by atoms with Crippen molar-refractivity contribution in [2.75, 3.05) is 5.73 Å². The molecule has 1 aromatic heterocycles. The van der Waals surface area contributed by atoms with Crippen molar-refractivity contribution in [3.63, 3.8) is 0 Å². The van der Waals surface area contributed by atoms with Gasteiger partial charge in [-0.1, -0.05) is 16.6 Å². The maximum atomic E-state index is 10.1. The van der Waals surface area contributed by atoms with Crippen LogP contribution in [0, 0.1) is 0 Å². The Kier molecular flexibility index (Phi) is 3.82. The van der Waals surface area contributed by atoms with E-state index in [4.69, 9.17) is 5.73 Å². The van der Waals surface area contributed by atoms with E-state index in [1.165, 1.54) is 30.1 Å². The van der Waals surface area contributed by atoms with Crippen molar-refractivity contribution in [1.82, 2.24) is 9.59 Å². The molecule has 2 N–H and O–H groups in total. The second-order valence-electron chi connectivity index (χ2n) is 3.89. The van der Waals surface area contributed by atoms with Crippen LogP contribution in [-0.2, 0) is 0 Å². The molecule has 88 valence electrons. The second kappa shape index (κ2) is 5.54. The molecule has 1 aliphatic rings. The number of hydrogen-bond donors (Lipinski definition) is 1. The molecule has 0 amide bonds. The maximum absolute atomic E-state index is 10.1. The average Bonchev–Trinajstić information content (AvgIpc) is 3.06. The van der Waals surface area contributed by atoms with E-state index in [1.54, 1.807) is 24.3 Å². The third-order valence-corrected chi connectivity index (χ3v) is 2.94. The van der Waals surface area contributed by atoms with Crippen LogP contribution in [0.4, 0.5) is 5.69 Å². The first-order chi connectivity index (χ1) is 8.29. The van der Waals surface area contributed by atoms with Gasteiger partial charge in [-0.05, 0) is 36.5 Å². The summed E-state index contributed by atoms with van der Waals surface area (Å²) in [5.74, 6) is 0.772. The number of carbonyl (C=O) groups excluding carboxylic acids is 1. The molecule has 2 aromatic rings. The van der Waals surface area contributed by atoms with Gasteiger partial charge in [0.2, 0.25) is 0 Å². The van der Waals surface area contributed by atoms with Gasteiger partial charge in [-0.15, -0.1) is 5.10 Å². The predicted molar refractivity (Wildman–Crippen MR) is 68.1 cm³/mol. The Balaban J connectivity index is 0.000000127. The van der Waals surface area contributed by atoms with Gasteiger partial charge in [0.1, 0.15) is 6.29 Å². The normalized spacial score (nSPS) is 13.6. The number of nitrogen functional groups attached to an aromatic ring is 1. The molecule has 1 aliphatic carbocycles. The monoisotopic (exact) mass is 247 g/mol. The van der Waals surface area contributed by atoms with E-state index < -0.39 is 0 Å². The van der Waals surface area contributed by atoms with Crippen LogP contribution in [0.5, 0.6) is 0 Å². The number of hydrogen-bond acceptors (Lipinski definition) is 5. The van der Waals surface area contributed by atoms with Crippen molar-refractivity contribution >= 4 is 23.5 Å². The highest BCUT2D eigenvalue weighted by Gasteiger charge is 2.25. The minimum atomic E-state index is 0.620. The number of aldehydes is 1. The topological polar surface area (TPSA) is 68.9 Å². The standard InChI is InChI=1S/C7H7NO.C5H6N2S/c8-7-3-1-2-6(4-7)5-9;1-2-4(1)5-3-8-7-6-5/h1-5H,8H2;3-4H,1-2H2. The van der Waals surface area contributed by atoms with E-state index in [9.17, 15) is 4.79 Å². The molecule has 0 radical (unpaired) electrons. The summed E-state index contributed by atoms with van der Waals surface area (Å²) in [7, 11) is 0. The van der Waals surface area contributed by atoms with Crippen LogP contribution in [0.3, 0.4) is 0 Å². The van der Waals surface area contributed by atoms with Crippen LogP contribution >= 0.6 is 11.5 Å². The molecule has 1 heterocycles. The number of carbonyl (C=O) groups is 1. The lowest BCUT2D eigenvalue weighted by Gasteiger charge is -1.90. The Bertz CT molecular complexity index is 480. The zero-order valence-corrected chi connectivity index (χ0v) is 10.1. The fourth-order valence-corrected chi connectivity index (χ4v) is 1.90. The molecule has 4 nitrogen and oxygen atoms in total. The predicted octanol–water partition coefficient (Wildman–Crippen LogP) is 2.50. The van der Waals surface area contributed by atoms with Crippen LogP contribution < -0.4 is 5.73 Å². The first-order valence-electron chi connectivity index (χ1n) is 5.37. The molecule has 1 saturated carbocycles. The number of nitrogens with two attached hydrogens (primary N) is 1. The largest absolute Gasteiger partial charge is 0.399 e. The van der Waals surface area contributed by atoms with Crippen molar-refractivity contribution in [2.45, 2.75) is 18.8 Å². The zero-order valence-electron chi connectivity index (χ0n) is 9.24. The molecule has 0 aliphatic heterocycles. The van der Waals surface area contributed by atoms with Gasteiger partial charge in [-0.2, -0.15) is 0 Å². The Morgan fingerprint density at radius 3 is 2.71 bits per heavy atom. The SMILES string of the molecule is Nc1cccc(C=O)c1.c1snnc1C1CC1. The lowest BCUT2D eigenvalue weighted by atomic mass is 10.2. The molecule has 3 rings (SSSR count). The number of benzene rings is 1. The fraction of sp³-hybridized carbons (Fsp3) is 0.250. The Morgan fingerprint density at radius 1 is 1.41 bits per heavy atom. The third kappa shape index (κ3) is 3.64. The third-order valence-electron chi connectivity index (χ3n) is 2.42. The van der Waals surface area contributed by atoms with Crippen LogP contribution in [0.1, 0.15) is 34.8 Å². The van der Waals surface area contributed by atoms with Gasteiger partial charge in [0.15, 0.2) is 0 Å². The number of anilines is 1. The summed E-state index contributed by atoms with van der Waals surface area (Å²) in [5.41, 5.74) is 7.82. The van der Waals surface area contributed by atoms with Gasteiger partial charge < -0.3 is 5.73 Å². The van der Waals surface area contributed by atoms with Crippen LogP contribution in [0.15, 0.2) is 29.6 Å². The van der Waals surface area contributed by atoms with Gasteiger partial charge in [-0.25, -0.2) is 0 Å². The maximum Gasteiger partial charge on any atom is 0.150 e. The van der Waals surface area contributed by atoms with Gasteiger partial charge >= 0.3 is 0 Å². The van der Waals surface area contributed by atoms with Gasteiger partial charge in [0.25, 0.3) is 0 Å². The molecule has 0 bridgehead atoms. The first kappa shape index (κ1) is 11.7. The fourth-order valence-electron chi connectivity index (χ4n) is 1.36. The highest BCUT2D eigenvalue weighted by molar-refractivity contribution is 7.03. The van der Waals surface area contributed by atoms with Crippen molar-refractivity contribution in [3.8, 4) is 0 Å². The lowest BCUT2D eigenvalue weighted by Crippen LogP contribution is -1.85. The zero-order chi connectivity index (χ0) is 12.1. The Hall–Kier alpha value is -1.75. The highest BCUT2D eigenvalue weighted by Crippen LogP contribution is 2.38. The number of nitrogens with zero attached hydrogens (tertiary/aromatic N) is 2. The van der Waals surface area contributed by atoms with E-state index in [1.807, 2.05) is 5.38 Å². The lowest BCUT2D eigenvalue weighted by molar-refractivity contribution is 0.112. The molecule has 0 unspecified atom stereocenters.